The van der Waals surface area contributed by atoms with Gasteiger partial charge in [-0.05, 0) is 57.5 Å². The van der Waals surface area contributed by atoms with Crippen molar-refractivity contribution >= 4 is 33.4 Å². The molecule has 1 unspecified atom stereocenters. The number of anilines is 1. The molecule has 0 saturated carbocycles. The molecule has 2 rings (SSSR count). The van der Waals surface area contributed by atoms with Gasteiger partial charge in [0.15, 0.2) is 0 Å². The Kier molecular flexibility index (Phi) is 6.04. The maximum Gasteiger partial charge on any atom is 0.0416 e. The van der Waals surface area contributed by atoms with Crippen LogP contribution in [0.4, 0.5) is 5.69 Å². The lowest BCUT2D eigenvalue weighted by molar-refractivity contribution is 0.566. The minimum Gasteiger partial charge on any atom is -0.369 e. The van der Waals surface area contributed by atoms with Crippen molar-refractivity contribution in [2.75, 3.05) is 30.3 Å². The molecule has 1 aliphatic rings. The van der Waals surface area contributed by atoms with E-state index in [1.54, 1.807) is 0 Å². The molecule has 1 aromatic carbocycles. The third-order valence-corrected chi connectivity index (χ3v) is 5.71. The zero-order chi connectivity index (χ0) is 15.5. The van der Waals surface area contributed by atoms with Crippen molar-refractivity contribution in [3.05, 3.63) is 28.2 Å². The van der Waals surface area contributed by atoms with E-state index in [2.05, 4.69) is 83.8 Å². The first-order valence-corrected chi connectivity index (χ1v) is 9.62. The van der Waals surface area contributed by atoms with Gasteiger partial charge in [-0.2, -0.15) is 11.8 Å². The Balaban J connectivity index is 2.25. The van der Waals surface area contributed by atoms with E-state index in [0.717, 1.165) is 24.1 Å². The average Bonchev–Trinajstić information content (AvgIpc) is 2.43. The highest BCUT2D eigenvalue weighted by Gasteiger charge is 2.28. The van der Waals surface area contributed by atoms with E-state index >= 15 is 0 Å². The van der Waals surface area contributed by atoms with Crippen LogP contribution in [0.25, 0.3) is 0 Å². The minimum absolute atomic E-state index is 0.336. The minimum atomic E-state index is 0.336. The van der Waals surface area contributed by atoms with Gasteiger partial charge in [0.05, 0.1) is 0 Å². The first-order valence-electron chi connectivity index (χ1n) is 7.84. The Hall–Kier alpha value is -0.190. The first-order chi connectivity index (χ1) is 9.93. The SMILES string of the molecule is CCCNC(C)c1cc(Br)ccc1N1CCSC(C)(C)C1. The van der Waals surface area contributed by atoms with Crippen molar-refractivity contribution in [1.82, 2.24) is 5.32 Å². The molecule has 1 N–H and O–H groups in total. The van der Waals surface area contributed by atoms with Crippen LogP contribution in [0.5, 0.6) is 0 Å². The number of rotatable bonds is 5. The van der Waals surface area contributed by atoms with E-state index in [0.29, 0.717) is 10.8 Å². The van der Waals surface area contributed by atoms with Crippen molar-refractivity contribution in [3.8, 4) is 0 Å². The second-order valence-electron chi connectivity index (χ2n) is 6.41. The molecule has 1 saturated heterocycles. The quantitative estimate of drug-likeness (QED) is 0.797. The molecule has 4 heteroatoms. The third kappa shape index (κ3) is 4.64. The fourth-order valence-electron chi connectivity index (χ4n) is 2.85. The summed E-state index contributed by atoms with van der Waals surface area (Å²) in [6.07, 6.45) is 1.17. The molecule has 1 atom stereocenters. The van der Waals surface area contributed by atoms with Crippen molar-refractivity contribution in [3.63, 3.8) is 0 Å². The summed E-state index contributed by atoms with van der Waals surface area (Å²) in [4.78, 5) is 2.56. The fraction of sp³-hybridized carbons (Fsp3) is 0.647. The van der Waals surface area contributed by atoms with Crippen molar-refractivity contribution in [2.45, 2.75) is 44.9 Å². The van der Waals surface area contributed by atoms with Gasteiger partial charge < -0.3 is 10.2 Å². The van der Waals surface area contributed by atoms with Gasteiger partial charge in [0.1, 0.15) is 0 Å². The van der Waals surface area contributed by atoms with E-state index in [1.807, 2.05) is 0 Å². The van der Waals surface area contributed by atoms with Crippen LogP contribution in [-0.4, -0.2) is 30.1 Å². The summed E-state index contributed by atoms with van der Waals surface area (Å²) in [5, 5.41) is 3.62. The number of nitrogens with one attached hydrogen (secondary N) is 1. The second kappa shape index (κ2) is 7.38. The zero-order valence-corrected chi connectivity index (χ0v) is 16.0. The van der Waals surface area contributed by atoms with Crippen LogP contribution in [-0.2, 0) is 0 Å². The Morgan fingerprint density at radius 2 is 2.19 bits per heavy atom. The number of benzene rings is 1. The largest absolute Gasteiger partial charge is 0.369 e. The highest BCUT2D eigenvalue weighted by molar-refractivity contribution is 9.10. The van der Waals surface area contributed by atoms with Gasteiger partial charge in [0.25, 0.3) is 0 Å². The molecule has 1 fully saturated rings. The van der Waals surface area contributed by atoms with E-state index < -0.39 is 0 Å². The standard InChI is InChI=1S/C17H27BrN2S/c1-5-8-19-13(2)15-11-14(18)6-7-16(15)20-9-10-21-17(3,4)12-20/h6-7,11,13,19H,5,8-10,12H2,1-4H3. The van der Waals surface area contributed by atoms with Crippen LogP contribution >= 0.6 is 27.7 Å². The zero-order valence-electron chi connectivity index (χ0n) is 13.6. The highest BCUT2D eigenvalue weighted by atomic mass is 79.9. The molecule has 1 heterocycles. The Morgan fingerprint density at radius 3 is 2.86 bits per heavy atom. The molecule has 0 aromatic heterocycles. The van der Waals surface area contributed by atoms with Gasteiger partial charge in [-0.1, -0.05) is 22.9 Å². The second-order valence-corrected chi connectivity index (χ2v) is 9.13. The smallest absolute Gasteiger partial charge is 0.0416 e. The van der Waals surface area contributed by atoms with E-state index in [1.165, 1.54) is 23.4 Å². The topological polar surface area (TPSA) is 15.3 Å². The molecule has 1 aliphatic heterocycles. The molecular weight excluding hydrogens is 344 g/mol. The van der Waals surface area contributed by atoms with Crippen molar-refractivity contribution < 1.29 is 0 Å². The van der Waals surface area contributed by atoms with Gasteiger partial charge in [0.2, 0.25) is 0 Å². The molecule has 0 radical (unpaired) electrons. The molecule has 0 aliphatic carbocycles. The Labute approximate surface area is 142 Å². The number of hydrogen-bond acceptors (Lipinski definition) is 3. The lowest BCUT2D eigenvalue weighted by Gasteiger charge is -2.40. The van der Waals surface area contributed by atoms with Crippen LogP contribution in [0.2, 0.25) is 0 Å². The van der Waals surface area contributed by atoms with Crippen LogP contribution in [0, 0.1) is 0 Å². The van der Waals surface area contributed by atoms with Gasteiger partial charge in [-0.15, -0.1) is 0 Å². The molecule has 118 valence electrons. The van der Waals surface area contributed by atoms with Crippen molar-refractivity contribution in [2.24, 2.45) is 0 Å². The summed E-state index contributed by atoms with van der Waals surface area (Å²) in [7, 11) is 0. The number of hydrogen-bond donors (Lipinski definition) is 1. The molecule has 1 aromatic rings. The van der Waals surface area contributed by atoms with Crippen LogP contribution < -0.4 is 10.2 Å². The number of nitrogens with zero attached hydrogens (tertiary/aromatic N) is 1. The van der Waals surface area contributed by atoms with Gasteiger partial charge in [0, 0.05) is 39.8 Å². The molecule has 0 bridgehead atoms. The summed E-state index contributed by atoms with van der Waals surface area (Å²) >= 11 is 5.71. The van der Waals surface area contributed by atoms with E-state index in [4.69, 9.17) is 0 Å². The maximum absolute atomic E-state index is 3.63. The van der Waals surface area contributed by atoms with Crippen LogP contribution in [0.1, 0.15) is 45.7 Å². The summed E-state index contributed by atoms with van der Waals surface area (Å²) in [6.45, 7) is 12.5. The Morgan fingerprint density at radius 1 is 1.43 bits per heavy atom. The molecule has 0 spiro atoms. The van der Waals surface area contributed by atoms with E-state index in [-0.39, 0.29) is 0 Å². The van der Waals surface area contributed by atoms with Crippen LogP contribution in [0.15, 0.2) is 22.7 Å². The molecule has 0 amide bonds. The predicted octanol–water partition coefficient (Wildman–Crippen LogP) is 4.84. The van der Waals surface area contributed by atoms with Crippen LogP contribution in [0.3, 0.4) is 0 Å². The molecule has 21 heavy (non-hydrogen) atoms. The first kappa shape index (κ1) is 17.2. The van der Waals surface area contributed by atoms with Gasteiger partial charge in [-0.3, -0.25) is 0 Å². The Bertz CT molecular complexity index is 476. The lowest BCUT2D eigenvalue weighted by atomic mass is 10.0. The highest BCUT2D eigenvalue weighted by Crippen LogP contribution is 2.36. The average molecular weight is 371 g/mol. The fourth-order valence-corrected chi connectivity index (χ4v) is 4.34. The number of halogens is 1. The molecular formula is C17H27BrN2S. The van der Waals surface area contributed by atoms with Gasteiger partial charge >= 0.3 is 0 Å². The van der Waals surface area contributed by atoms with Gasteiger partial charge in [-0.25, -0.2) is 0 Å². The lowest BCUT2D eigenvalue weighted by Crippen LogP contribution is -2.43. The normalized spacial score (nSPS) is 19.6. The summed E-state index contributed by atoms with van der Waals surface area (Å²) in [6, 6.07) is 7.10. The predicted molar refractivity (Wildman–Crippen MR) is 99.6 cm³/mol. The monoisotopic (exact) mass is 370 g/mol. The third-order valence-electron chi connectivity index (χ3n) is 3.92. The maximum atomic E-state index is 3.63. The summed E-state index contributed by atoms with van der Waals surface area (Å²) in [5.74, 6) is 1.21. The summed E-state index contributed by atoms with van der Waals surface area (Å²) < 4.78 is 1.50. The van der Waals surface area contributed by atoms with E-state index in [9.17, 15) is 0 Å². The van der Waals surface area contributed by atoms with Crippen molar-refractivity contribution in [1.29, 1.82) is 0 Å². The number of thioether (sulfide) groups is 1. The molecule has 2 nitrogen and oxygen atoms in total. The summed E-state index contributed by atoms with van der Waals surface area (Å²) in [5.41, 5.74) is 2.79.